The van der Waals surface area contributed by atoms with Gasteiger partial charge in [0.15, 0.2) is 5.96 Å². The Balaban J connectivity index is 0.00000261. The van der Waals surface area contributed by atoms with Gasteiger partial charge in [-0.3, -0.25) is 9.89 Å². The van der Waals surface area contributed by atoms with E-state index in [9.17, 15) is 0 Å². The smallest absolute Gasteiger partial charge is 0.191 e. The molecule has 3 N–H and O–H groups in total. The van der Waals surface area contributed by atoms with Crippen LogP contribution in [0.1, 0.15) is 38.9 Å². The van der Waals surface area contributed by atoms with E-state index in [2.05, 4.69) is 45.4 Å². The first-order valence-corrected chi connectivity index (χ1v) is 10.00. The van der Waals surface area contributed by atoms with Gasteiger partial charge in [-0.25, -0.2) is 4.98 Å². The van der Waals surface area contributed by atoms with Crippen LogP contribution in [0.25, 0.3) is 11.0 Å². The van der Waals surface area contributed by atoms with Gasteiger partial charge in [0.05, 0.1) is 17.6 Å². The lowest BCUT2D eigenvalue weighted by Gasteiger charge is -2.21. The minimum absolute atomic E-state index is 0. The number of guanidine groups is 1. The molecule has 1 aromatic heterocycles. The van der Waals surface area contributed by atoms with Crippen molar-refractivity contribution >= 4 is 41.0 Å². The van der Waals surface area contributed by atoms with E-state index in [0.29, 0.717) is 6.04 Å². The van der Waals surface area contributed by atoms with E-state index in [0.717, 1.165) is 61.8 Å². The molecular weight excluding hydrogens is 451 g/mol. The third kappa shape index (κ3) is 6.34. The first-order valence-electron chi connectivity index (χ1n) is 10.00. The highest BCUT2D eigenvalue weighted by Crippen LogP contribution is 2.16. The zero-order valence-corrected chi connectivity index (χ0v) is 18.8. The number of aromatic nitrogens is 2. The Morgan fingerprint density at radius 1 is 1.30 bits per heavy atom. The molecule has 2 aromatic rings. The Kier molecular flexibility index (Phi) is 9.33. The molecule has 7 heteroatoms. The Morgan fingerprint density at radius 2 is 2.15 bits per heavy atom. The highest BCUT2D eigenvalue weighted by molar-refractivity contribution is 14.0. The number of aryl methyl sites for hydroxylation is 1. The zero-order chi connectivity index (χ0) is 18.2. The van der Waals surface area contributed by atoms with E-state index < -0.39 is 0 Å². The summed E-state index contributed by atoms with van der Waals surface area (Å²) in [5.41, 5.74) is 2.16. The SMILES string of the molecule is CCNC(=NCC1CCCN1CC)NCCCc1nc2ccccc2[nH]1.I. The summed E-state index contributed by atoms with van der Waals surface area (Å²) >= 11 is 0. The predicted octanol–water partition coefficient (Wildman–Crippen LogP) is 3.15. The summed E-state index contributed by atoms with van der Waals surface area (Å²) in [6.07, 6.45) is 4.53. The molecule has 1 saturated heterocycles. The van der Waals surface area contributed by atoms with Crippen LogP contribution in [-0.2, 0) is 6.42 Å². The number of hydrogen-bond acceptors (Lipinski definition) is 3. The van der Waals surface area contributed by atoms with Crippen molar-refractivity contribution in [3.63, 3.8) is 0 Å². The fraction of sp³-hybridized carbons (Fsp3) is 0.600. The number of likely N-dealkylation sites (tertiary alicyclic amines) is 1. The number of para-hydroxylation sites is 2. The largest absolute Gasteiger partial charge is 0.357 e. The maximum absolute atomic E-state index is 4.80. The highest BCUT2D eigenvalue weighted by atomic mass is 127. The van der Waals surface area contributed by atoms with Gasteiger partial charge in [0.25, 0.3) is 0 Å². The van der Waals surface area contributed by atoms with Crippen LogP contribution in [0, 0.1) is 0 Å². The summed E-state index contributed by atoms with van der Waals surface area (Å²) in [6.45, 7) is 9.36. The predicted molar refractivity (Wildman–Crippen MR) is 124 cm³/mol. The number of aromatic amines is 1. The van der Waals surface area contributed by atoms with Crippen molar-refractivity contribution in [1.29, 1.82) is 0 Å². The first-order chi connectivity index (χ1) is 12.8. The Bertz CT molecular complexity index is 680. The molecule has 6 nitrogen and oxygen atoms in total. The normalized spacial score (nSPS) is 17.9. The third-order valence-electron chi connectivity index (χ3n) is 5.03. The van der Waals surface area contributed by atoms with E-state index in [4.69, 9.17) is 4.99 Å². The molecule has 0 bridgehead atoms. The quantitative estimate of drug-likeness (QED) is 0.233. The van der Waals surface area contributed by atoms with E-state index in [1.54, 1.807) is 0 Å². The monoisotopic (exact) mass is 484 g/mol. The minimum atomic E-state index is 0. The molecule has 1 aliphatic heterocycles. The summed E-state index contributed by atoms with van der Waals surface area (Å²) in [7, 11) is 0. The summed E-state index contributed by atoms with van der Waals surface area (Å²) in [4.78, 5) is 15.4. The van der Waals surface area contributed by atoms with Gasteiger partial charge in [0.2, 0.25) is 0 Å². The number of H-pyrrole nitrogens is 1. The van der Waals surface area contributed by atoms with Gasteiger partial charge in [-0.05, 0) is 51.4 Å². The minimum Gasteiger partial charge on any atom is -0.357 e. The van der Waals surface area contributed by atoms with Gasteiger partial charge in [0.1, 0.15) is 5.82 Å². The van der Waals surface area contributed by atoms with E-state index >= 15 is 0 Å². The molecule has 27 heavy (non-hydrogen) atoms. The molecule has 150 valence electrons. The second-order valence-corrected chi connectivity index (χ2v) is 6.88. The van der Waals surface area contributed by atoms with Crippen molar-refractivity contribution in [2.75, 3.05) is 32.7 Å². The fourth-order valence-corrected chi connectivity index (χ4v) is 3.64. The van der Waals surface area contributed by atoms with Crippen molar-refractivity contribution in [3.05, 3.63) is 30.1 Å². The lowest BCUT2D eigenvalue weighted by atomic mass is 10.2. The number of fused-ring (bicyclic) bond motifs is 1. The second kappa shape index (κ2) is 11.5. The number of hydrogen-bond donors (Lipinski definition) is 3. The van der Waals surface area contributed by atoms with Crippen LogP contribution in [0.5, 0.6) is 0 Å². The number of nitrogens with zero attached hydrogens (tertiary/aromatic N) is 3. The fourth-order valence-electron chi connectivity index (χ4n) is 3.64. The lowest BCUT2D eigenvalue weighted by Crippen LogP contribution is -2.39. The number of imidazole rings is 1. The molecule has 2 heterocycles. The standard InChI is InChI=1S/C20H32N6.HI/c1-3-21-20(23-15-16-9-8-14-26(16)4-2)22-13-7-12-19-24-17-10-5-6-11-18(17)25-19;/h5-6,10-11,16H,3-4,7-9,12-15H2,1-2H3,(H,24,25)(H2,21,22,23);1H. The molecule has 1 aromatic carbocycles. The number of aliphatic imine (C=N–C) groups is 1. The van der Waals surface area contributed by atoms with Gasteiger partial charge in [-0.1, -0.05) is 19.1 Å². The van der Waals surface area contributed by atoms with Gasteiger partial charge >= 0.3 is 0 Å². The van der Waals surface area contributed by atoms with Crippen molar-refractivity contribution in [3.8, 4) is 0 Å². The molecule has 0 aliphatic carbocycles. The van der Waals surface area contributed by atoms with Crippen LogP contribution in [-0.4, -0.2) is 59.6 Å². The average Bonchev–Trinajstić information content (AvgIpc) is 3.28. The molecule has 0 radical (unpaired) electrons. The van der Waals surface area contributed by atoms with Gasteiger partial charge in [-0.15, -0.1) is 24.0 Å². The number of halogens is 1. The Labute approximate surface area is 179 Å². The van der Waals surface area contributed by atoms with E-state index in [1.807, 2.05) is 18.2 Å². The topological polar surface area (TPSA) is 68.3 Å². The summed E-state index contributed by atoms with van der Waals surface area (Å²) in [5.74, 6) is 1.99. The van der Waals surface area contributed by atoms with Gasteiger partial charge in [-0.2, -0.15) is 0 Å². The molecule has 1 atom stereocenters. The molecule has 1 aliphatic rings. The highest BCUT2D eigenvalue weighted by Gasteiger charge is 2.22. The molecule has 0 amide bonds. The second-order valence-electron chi connectivity index (χ2n) is 6.88. The van der Waals surface area contributed by atoms with Crippen LogP contribution in [0.2, 0.25) is 0 Å². The number of likely N-dealkylation sites (N-methyl/N-ethyl adjacent to an activating group) is 1. The third-order valence-corrected chi connectivity index (χ3v) is 5.03. The number of nitrogens with one attached hydrogen (secondary N) is 3. The average molecular weight is 484 g/mol. The van der Waals surface area contributed by atoms with Crippen molar-refractivity contribution in [2.24, 2.45) is 4.99 Å². The summed E-state index contributed by atoms with van der Waals surface area (Å²) < 4.78 is 0. The van der Waals surface area contributed by atoms with Crippen LogP contribution < -0.4 is 10.6 Å². The molecule has 3 rings (SSSR count). The van der Waals surface area contributed by atoms with Gasteiger partial charge in [0, 0.05) is 25.6 Å². The van der Waals surface area contributed by atoms with Crippen molar-refractivity contribution < 1.29 is 0 Å². The van der Waals surface area contributed by atoms with E-state index in [1.165, 1.54) is 19.4 Å². The van der Waals surface area contributed by atoms with Crippen LogP contribution in [0.3, 0.4) is 0 Å². The molecule has 1 fully saturated rings. The van der Waals surface area contributed by atoms with Crippen LogP contribution in [0.15, 0.2) is 29.3 Å². The summed E-state index contributed by atoms with van der Waals surface area (Å²) in [5, 5.41) is 6.82. The maximum Gasteiger partial charge on any atom is 0.191 e. The zero-order valence-electron chi connectivity index (χ0n) is 16.5. The molecule has 0 saturated carbocycles. The molecule has 0 spiro atoms. The Hall–Kier alpha value is -1.35. The van der Waals surface area contributed by atoms with Crippen LogP contribution >= 0.6 is 24.0 Å². The lowest BCUT2D eigenvalue weighted by molar-refractivity contribution is 0.273. The van der Waals surface area contributed by atoms with Gasteiger partial charge < -0.3 is 15.6 Å². The van der Waals surface area contributed by atoms with Crippen molar-refractivity contribution in [1.82, 2.24) is 25.5 Å². The number of benzene rings is 1. The maximum atomic E-state index is 4.80. The number of rotatable bonds is 8. The van der Waals surface area contributed by atoms with Crippen molar-refractivity contribution in [2.45, 2.75) is 45.6 Å². The molecule has 1 unspecified atom stereocenters. The van der Waals surface area contributed by atoms with E-state index in [-0.39, 0.29) is 24.0 Å². The molecular formula is C20H33IN6. The van der Waals surface area contributed by atoms with Crippen LogP contribution in [0.4, 0.5) is 0 Å². The first kappa shape index (κ1) is 21.9. The Morgan fingerprint density at radius 3 is 2.93 bits per heavy atom. The summed E-state index contributed by atoms with van der Waals surface area (Å²) in [6, 6.07) is 8.78.